The van der Waals surface area contributed by atoms with E-state index in [4.69, 9.17) is 4.52 Å². The minimum atomic E-state index is -0.220. The van der Waals surface area contributed by atoms with Crippen LogP contribution in [0.3, 0.4) is 0 Å². The molecule has 0 saturated carbocycles. The molecule has 1 N–H and O–H groups in total. The van der Waals surface area contributed by atoms with Gasteiger partial charge in [-0.1, -0.05) is 5.16 Å². The summed E-state index contributed by atoms with van der Waals surface area (Å²) in [5, 5.41) is 6.50. The predicted octanol–water partition coefficient (Wildman–Crippen LogP) is 1.94. The zero-order valence-electron chi connectivity index (χ0n) is 9.02. The maximum Gasteiger partial charge on any atom is 0.257 e. The number of rotatable bonds is 2. The highest BCUT2D eigenvalue weighted by atomic mass is 16.5. The summed E-state index contributed by atoms with van der Waals surface area (Å²) in [7, 11) is 0. The summed E-state index contributed by atoms with van der Waals surface area (Å²) in [6, 6.07) is 3.41. The number of hydrogen-bond acceptors (Lipinski definition) is 4. The van der Waals surface area contributed by atoms with E-state index in [9.17, 15) is 4.79 Å². The molecule has 0 fully saturated rings. The Labute approximate surface area is 92.5 Å². The molecule has 0 spiro atoms. The number of nitrogens with one attached hydrogen (secondary N) is 1. The van der Waals surface area contributed by atoms with Crippen LogP contribution in [0.15, 0.2) is 29.0 Å². The zero-order valence-corrected chi connectivity index (χ0v) is 9.02. The Balaban J connectivity index is 2.21. The van der Waals surface area contributed by atoms with Gasteiger partial charge in [-0.25, -0.2) is 0 Å². The second-order valence-electron chi connectivity index (χ2n) is 3.39. The monoisotopic (exact) mass is 217 g/mol. The summed E-state index contributed by atoms with van der Waals surface area (Å²) in [4.78, 5) is 15.7. The van der Waals surface area contributed by atoms with Crippen molar-refractivity contribution < 1.29 is 9.32 Å². The zero-order chi connectivity index (χ0) is 11.5. The van der Waals surface area contributed by atoms with E-state index < -0.39 is 0 Å². The smallest absolute Gasteiger partial charge is 0.257 e. The predicted molar refractivity (Wildman–Crippen MR) is 58.2 cm³/mol. The molecule has 0 radical (unpaired) electrons. The van der Waals surface area contributed by atoms with Crippen LogP contribution in [0.4, 0.5) is 5.69 Å². The molecule has 2 aromatic rings. The highest BCUT2D eigenvalue weighted by molar-refractivity contribution is 6.04. The van der Waals surface area contributed by atoms with E-state index in [1.807, 2.05) is 0 Å². The molecule has 0 aromatic carbocycles. The second kappa shape index (κ2) is 4.14. The van der Waals surface area contributed by atoms with Crippen molar-refractivity contribution in [2.24, 2.45) is 0 Å². The fourth-order valence-electron chi connectivity index (χ4n) is 1.34. The normalized spacial score (nSPS) is 10.1. The number of carbonyl (C=O) groups excluding carboxylic acids is 1. The SMILES string of the molecule is Cc1noc(C)c1NC(=O)c1cccnc1. The number of aromatic nitrogens is 2. The maximum absolute atomic E-state index is 11.8. The van der Waals surface area contributed by atoms with E-state index in [2.05, 4.69) is 15.5 Å². The lowest BCUT2D eigenvalue weighted by Gasteiger charge is -2.03. The van der Waals surface area contributed by atoms with E-state index in [-0.39, 0.29) is 5.91 Å². The van der Waals surface area contributed by atoms with E-state index in [0.29, 0.717) is 22.7 Å². The quantitative estimate of drug-likeness (QED) is 0.834. The summed E-state index contributed by atoms with van der Waals surface area (Å²) in [5.74, 6) is 0.372. The number of carbonyl (C=O) groups is 1. The molecule has 0 saturated heterocycles. The van der Waals surface area contributed by atoms with Gasteiger partial charge in [0.15, 0.2) is 5.76 Å². The van der Waals surface area contributed by atoms with Crippen molar-refractivity contribution in [1.82, 2.24) is 10.1 Å². The second-order valence-corrected chi connectivity index (χ2v) is 3.39. The lowest BCUT2D eigenvalue weighted by Crippen LogP contribution is -2.12. The van der Waals surface area contributed by atoms with Crippen molar-refractivity contribution in [2.45, 2.75) is 13.8 Å². The number of amides is 1. The minimum absolute atomic E-state index is 0.220. The topological polar surface area (TPSA) is 68.0 Å². The van der Waals surface area contributed by atoms with Gasteiger partial charge in [0.1, 0.15) is 11.4 Å². The summed E-state index contributed by atoms with van der Waals surface area (Å²) < 4.78 is 4.95. The molecule has 1 amide bonds. The molecule has 2 rings (SSSR count). The first-order chi connectivity index (χ1) is 7.68. The van der Waals surface area contributed by atoms with Crippen molar-refractivity contribution in [1.29, 1.82) is 0 Å². The largest absolute Gasteiger partial charge is 0.359 e. The third-order valence-corrected chi connectivity index (χ3v) is 2.20. The van der Waals surface area contributed by atoms with Crippen LogP contribution in [0.2, 0.25) is 0 Å². The lowest BCUT2D eigenvalue weighted by atomic mass is 10.2. The number of nitrogens with zero attached hydrogens (tertiary/aromatic N) is 2. The van der Waals surface area contributed by atoms with Crippen LogP contribution in [-0.4, -0.2) is 16.0 Å². The number of anilines is 1. The number of hydrogen-bond donors (Lipinski definition) is 1. The van der Waals surface area contributed by atoms with Crippen molar-refractivity contribution in [3.8, 4) is 0 Å². The standard InChI is InChI=1S/C11H11N3O2/c1-7-10(8(2)16-14-7)13-11(15)9-4-3-5-12-6-9/h3-6H,1-2H3,(H,13,15). The van der Waals surface area contributed by atoms with Crippen LogP contribution in [0.25, 0.3) is 0 Å². The van der Waals surface area contributed by atoms with Crippen LogP contribution in [-0.2, 0) is 0 Å². The van der Waals surface area contributed by atoms with Gasteiger partial charge in [0.05, 0.1) is 5.56 Å². The molecule has 82 valence electrons. The van der Waals surface area contributed by atoms with Crippen molar-refractivity contribution >= 4 is 11.6 Å². The summed E-state index contributed by atoms with van der Waals surface area (Å²) in [6.07, 6.45) is 3.13. The van der Waals surface area contributed by atoms with Crippen LogP contribution in [0.5, 0.6) is 0 Å². The first-order valence-electron chi connectivity index (χ1n) is 4.82. The molecule has 0 aliphatic rings. The highest BCUT2D eigenvalue weighted by Gasteiger charge is 2.13. The third kappa shape index (κ3) is 1.93. The number of pyridine rings is 1. The molecule has 2 heterocycles. The summed E-state index contributed by atoms with van der Waals surface area (Å²) in [5.41, 5.74) is 1.78. The summed E-state index contributed by atoms with van der Waals surface area (Å²) in [6.45, 7) is 3.52. The molecular weight excluding hydrogens is 206 g/mol. The van der Waals surface area contributed by atoms with Gasteiger partial charge in [-0.05, 0) is 26.0 Å². The lowest BCUT2D eigenvalue weighted by molar-refractivity contribution is 0.102. The van der Waals surface area contributed by atoms with E-state index in [1.165, 1.54) is 6.20 Å². The van der Waals surface area contributed by atoms with Gasteiger partial charge in [-0.2, -0.15) is 0 Å². The first-order valence-corrected chi connectivity index (χ1v) is 4.82. The Hall–Kier alpha value is -2.17. The Morgan fingerprint density at radius 2 is 2.25 bits per heavy atom. The Kier molecular flexibility index (Phi) is 2.68. The van der Waals surface area contributed by atoms with Crippen molar-refractivity contribution in [3.05, 3.63) is 41.5 Å². The third-order valence-electron chi connectivity index (χ3n) is 2.20. The maximum atomic E-state index is 11.8. The van der Waals surface area contributed by atoms with Crippen molar-refractivity contribution in [2.75, 3.05) is 5.32 Å². The first kappa shape index (κ1) is 10.4. The number of aryl methyl sites for hydroxylation is 2. The fraction of sp³-hybridized carbons (Fsp3) is 0.182. The minimum Gasteiger partial charge on any atom is -0.359 e. The molecule has 0 unspecified atom stereocenters. The summed E-state index contributed by atoms with van der Waals surface area (Å²) >= 11 is 0. The van der Waals surface area contributed by atoms with Crippen LogP contribution >= 0.6 is 0 Å². The van der Waals surface area contributed by atoms with Gasteiger partial charge in [-0.3, -0.25) is 9.78 Å². The molecular formula is C11H11N3O2. The van der Waals surface area contributed by atoms with Gasteiger partial charge in [0.2, 0.25) is 0 Å². The average Bonchev–Trinajstić information content (AvgIpc) is 2.62. The van der Waals surface area contributed by atoms with Crippen LogP contribution in [0.1, 0.15) is 21.8 Å². The van der Waals surface area contributed by atoms with Crippen LogP contribution < -0.4 is 5.32 Å². The van der Waals surface area contributed by atoms with Crippen LogP contribution in [0, 0.1) is 13.8 Å². The molecule has 0 aliphatic carbocycles. The van der Waals surface area contributed by atoms with E-state index in [0.717, 1.165) is 0 Å². The Morgan fingerprint density at radius 3 is 2.81 bits per heavy atom. The van der Waals surface area contributed by atoms with Gasteiger partial charge in [-0.15, -0.1) is 0 Å². The highest BCUT2D eigenvalue weighted by Crippen LogP contribution is 2.19. The molecule has 5 nitrogen and oxygen atoms in total. The van der Waals surface area contributed by atoms with Gasteiger partial charge >= 0.3 is 0 Å². The molecule has 16 heavy (non-hydrogen) atoms. The Morgan fingerprint density at radius 1 is 1.44 bits per heavy atom. The van der Waals surface area contributed by atoms with E-state index >= 15 is 0 Å². The molecule has 2 aromatic heterocycles. The molecule has 5 heteroatoms. The molecule has 0 atom stereocenters. The van der Waals surface area contributed by atoms with E-state index in [1.54, 1.807) is 32.2 Å². The average molecular weight is 217 g/mol. The fourth-order valence-corrected chi connectivity index (χ4v) is 1.34. The molecule has 0 aliphatic heterocycles. The molecule has 0 bridgehead atoms. The Bertz CT molecular complexity index is 486. The van der Waals surface area contributed by atoms with Gasteiger partial charge in [0, 0.05) is 12.4 Å². The van der Waals surface area contributed by atoms with Gasteiger partial charge < -0.3 is 9.84 Å². The van der Waals surface area contributed by atoms with Gasteiger partial charge in [0.25, 0.3) is 5.91 Å². The van der Waals surface area contributed by atoms with Crippen molar-refractivity contribution in [3.63, 3.8) is 0 Å².